The van der Waals surface area contributed by atoms with E-state index in [1.807, 2.05) is 7.05 Å². The smallest absolute Gasteiger partial charge is 0.223 e. The van der Waals surface area contributed by atoms with Gasteiger partial charge in [-0.25, -0.2) is 0 Å². The minimum Gasteiger partial charge on any atom is -0.369 e. The van der Waals surface area contributed by atoms with E-state index in [2.05, 4.69) is 96.1 Å². The molecular formula is C27H36BrN4OP+2. The van der Waals surface area contributed by atoms with Gasteiger partial charge in [0.2, 0.25) is 12.2 Å². The summed E-state index contributed by atoms with van der Waals surface area (Å²) in [4.78, 5) is 11.3. The van der Waals surface area contributed by atoms with Crippen LogP contribution in [-0.2, 0) is 4.79 Å². The second-order valence-electron chi connectivity index (χ2n) is 8.65. The molecule has 1 atom stereocenters. The molecule has 180 valence electrons. The van der Waals surface area contributed by atoms with Gasteiger partial charge < -0.3 is 11.6 Å². The molecule has 1 amide bonds. The third-order valence-corrected chi connectivity index (χ3v) is 10.7. The van der Waals surface area contributed by atoms with Gasteiger partial charge >= 0.3 is 0 Å². The number of quaternary nitrogens is 1. The van der Waals surface area contributed by atoms with Crippen LogP contribution < -0.4 is 27.5 Å². The van der Waals surface area contributed by atoms with Crippen LogP contribution in [0.1, 0.15) is 19.3 Å². The topological polar surface area (TPSA) is 81.5 Å². The Morgan fingerprint density at radius 2 is 1.26 bits per heavy atom. The van der Waals surface area contributed by atoms with Crippen LogP contribution in [0.5, 0.6) is 0 Å². The summed E-state index contributed by atoms with van der Waals surface area (Å²) < 4.78 is 0.507. The van der Waals surface area contributed by atoms with Gasteiger partial charge in [0, 0.05) is 6.42 Å². The van der Waals surface area contributed by atoms with Crippen LogP contribution in [0, 0.1) is 0 Å². The summed E-state index contributed by atoms with van der Waals surface area (Å²) in [6.07, 6.45) is 5.15. The van der Waals surface area contributed by atoms with Gasteiger partial charge in [0.15, 0.2) is 0 Å². The lowest BCUT2D eigenvalue weighted by atomic mass is 10.2. The van der Waals surface area contributed by atoms with Crippen LogP contribution in [0.15, 0.2) is 96.1 Å². The summed E-state index contributed by atoms with van der Waals surface area (Å²) in [5.41, 5.74) is 5.38. The third kappa shape index (κ3) is 6.99. The van der Waals surface area contributed by atoms with Gasteiger partial charge in [0.25, 0.3) is 0 Å². The fourth-order valence-corrected chi connectivity index (χ4v) is 8.87. The van der Waals surface area contributed by atoms with Crippen LogP contribution >= 0.6 is 24.2 Å². The molecule has 1 unspecified atom stereocenters. The van der Waals surface area contributed by atoms with E-state index in [1.54, 1.807) is 6.34 Å². The molecule has 7 heteroatoms. The zero-order chi connectivity index (χ0) is 23.6. The van der Waals surface area contributed by atoms with E-state index < -0.39 is 7.26 Å². The molecule has 0 aliphatic rings. The van der Waals surface area contributed by atoms with E-state index in [9.17, 15) is 4.79 Å². The zero-order valence-corrected chi connectivity index (χ0v) is 22.4. The van der Waals surface area contributed by atoms with Gasteiger partial charge in [-0.05, 0) is 42.8 Å². The second-order valence-corrected chi connectivity index (χ2v) is 12.3. The molecule has 3 rings (SSSR count). The van der Waals surface area contributed by atoms with Crippen molar-refractivity contribution in [2.24, 2.45) is 16.7 Å². The summed E-state index contributed by atoms with van der Waals surface area (Å²) in [6, 6.07) is 32.8. The van der Waals surface area contributed by atoms with Gasteiger partial charge in [-0.3, -0.25) is 9.28 Å². The molecule has 0 spiro atoms. The van der Waals surface area contributed by atoms with Crippen molar-refractivity contribution < 1.29 is 9.28 Å². The van der Waals surface area contributed by atoms with Crippen molar-refractivity contribution in [2.75, 3.05) is 26.3 Å². The number of primary amides is 1. The molecule has 34 heavy (non-hydrogen) atoms. The zero-order valence-electron chi connectivity index (χ0n) is 19.8. The molecule has 0 fully saturated rings. The Labute approximate surface area is 214 Å². The highest BCUT2D eigenvalue weighted by Gasteiger charge is 2.44. The number of hydrogen-bond acceptors (Lipinski definition) is 3. The molecule has 0 saturated carbocycles. The first-order valence-electron chi connectivity index (χ1n) is 11.4. The van der Waals surface area contributed by atoms with Crippen molar-refractivity contribution in [1.82, 2.24) is 0 Å². The number of hydrazone groups is 1. The Balaban J connectivity index is 0.00000408. The van der Waals surface area contributed by atoms with Crippen LogP contribution in [0.25, 0.3) is 0 Å². The monoisotopic (exact) mass is 542 g/mol. The average molecular weight is 543 g/mol. The predicted molar refractivity (Wildman–Crippen MR) is 152 cm³/mol. The summed E-state index contributed by atoms with van der Waals surface area (Å²) in [6.45, 7) is 1.46. The van der Waals surface area contributed by atoms with Crippen LogP contribution in [0.4, 0.5) is 0 Å². The van der Waals surface area contributed by atoms with Crippen molar-refractivity contribution >= 4 is 52.4 Å². The number of rotatable bonds is 12. The molecule has 3 aromatic carbocycles. The van der Waals surface area contributed by atoms with E-state index in [4.69, 9.17) is 11.6 Å². The average Bonchev–Trinajstić information content (AvgIpc) is 2.85. The predicted octanol–water partition coefficient (Wildman–Crippen LogP) is 3.56. The lowest BCUT2D eigenvalue weighted by Gasteiger charge is -2.30. The molecule has 0 aromatic heterocycles. The van der Waals surface area contributed by atoms with Crippen molar-refractivity contribution in [3.05, 3.63) is 91.0 Å². The minimum absolute atomic E-state index is 0. The molecule has 0 radical (unpaired) electrons. The summed E-state index contributed by atoms with van der Waals surface area (Å²) in [5.74, 6) is 5.17. The Morgan fingerprint density at radius 3 is 1.65 bits per heavy atom. The van der Waals surface area contributed by atoms with Crippen LogP contribution in [0.2, 0.25) is 0 Å². The van der Waals surface area contributed by atoms with E-state index in [0.717, 1.165) is 25.5 Å². The highest BCUT2D eigenvalue weighted by Crippen LogP contribution is 2.55. The highest BCUT2D eigenvalue weighted by atomic mass is 79.9. The molecule has 0 aliphatic carbocycles. The number of halogens is 1. The molecule has 0 saturated heterocycles. The number of hydrogen-bond donors (Lipinski definition) is 2. The molecule has 4 N–H and O–H groups in total. The standard InChI is InChI=1S/C27H34N4OP.BrH/c1-31(23-30-29,21-19-27(28)32)20-11-12-22-33(24-13-5-2-6-14-24,25-15-7-3-8-16-25)26-17-9-4-10-18-26;/h2-10,13-18,23H,11-12,19-22,29H2,1H3,(H-,28,32);1H/q+1;/p+1. The van der Waals surface area contributed by atoms with E-state index in [1.165, 1.54) is 15.9 Å². The summed E-state index contributed by atoms with van der Waals surface area (Å²) in [7, 11) is 0.228. The van der Waals surface area contributed by atoms with Gasteiger partial charge in [0.05, 0.1) is 32.7 Å². The number of unbranched alkanes of at least 4 members (excludes halogenated alkanes) is 1. The maximum atomic E-state index is 11.3. The molecule has 5 nitrogen and oxygen atoms in total. The lowest BCUT2D eigenvalue weighted by molar-refractivity contribution is -0.814. The fourth-order valence-electron chi connectivity index (χ4n) is 4.46. The minimum atomic E-state index is -1.82. The SMILES string of the molecule is Br.C[N+](C=NN)(CCCC[P+](c1ccccc1)(c1ccccc1)c1ccccc1)CCC(N)=O. The summed E-state index contributed by atoms with van der Waals surface area (Å²) >= 11 is 0. The Kier molecular flexibility index (Phi) is 10.9. The third-order valence-electron chi connectivity index (χ3n) is 6.22. The second kappa shape index (κ2) is 13.4. The quantitative estimate of drug-likeness (QED) is 0.0697. The Morgan fingerprint density at radius 1 is 0.824 bits per heavy atom. The largest absolute Gasteiger partial charge is 0.369 e. The molecule has 0 aliphatic heterocycles. The Hall–Kier alpha value is -2.53. The highest BCUT2D eigenvalue weighted by molar-refractivity contribution is 8.93. The van der Waals surface area contributed by atoms with Crippen molar-refractivity contribution in [3.8, 4) is 0 Å². The number of carbonyl (C=O) groups excluding carboxylic acids is 1. The lowest BCUT2D eigenvalue weighted by Crippen LogP contribution is -2.46. The van der Waals surface area contributed by atoms with Gasteiger partial charge in [-0.15, -0.1) is 22.1 Å². The normalized spacial score (nSPS) is 13.2. The molecular weight excluding hydrogens is 507 g/mol. The van der Waals surface area contributed by atoms with E-state index in [0.29, 0.717) is 17.4 Å². The van der Waals surface area contributed by atoms with Gasteiger partial charge in [-0.2, -0.15) is 0 Å². The fraction of sp³-hybridized carbons (Fsp3) is 0.259. The van der Waals surface area contributed by atoms with Crippen LogP contribution in [-0.4, -0.2) is 43.0 Å². The van der Waals surface area contributed by atoms with Gasteiger partial charge in [-0.1, -0.05) is 54.6 Å². The van der Waals surface area contributed by atoms with Crippen LogP contribution in [0.3, 0.4) is 0 Å². The van der Waals surface area contributed by atoms with Crippen molar-refractivity contribution in [3.63, 3.8) is 0 Å². The molecule has 0 heterocycles. The summed E-state index contributed by atoms with van der Waals surface area (Å²) in [5, 5.41) is 7.96. The number of carbonyl (C=O) groups is 1. The number of benzene rings is 3. The Bertz CT molecular complexity index is 938. The van der Waals surface area contributed by atoms with Crippen molar-refractivity contribution in [1.29, 1.82) is 0 Å². The molecule has 0 bridgehead atoms. The first-order valence-corrected chi connectivity index (χ1v) is 13.4. The molecule has 3 aromatic rings. The van der Waals surface area contributed by atoms with Gasteiger partial charge in [0.1, 0.15) is 23.2 Å². The van der Waals surface area contributed by atoms with E-state index in [-0.39, 0.29) is 22.9 Å². The number of nitrogens with two attached hydrogens (primary N) is 2. The van der Waals surface area contributed by atoms with Crippen molar-refractivity contribution in [2.45, 2.75) is 19.3 Å². The first kappa shape index (κ1) is 27.7. The number of nitrogens with zero attached hydrogens (tertiary/aromatic N) is 2. The number of amides is 1. The maximum Gasteiger partial charge on any atom is 0.223 e. The maximum absolute atomic E-state index is 11.3. The first-order chi connectivity index (χ1) is 16.0. The van der Waals surface area contributed by atoms with E-state index >= 15 is 0 Å².